The fraction of sp³-hybridized carbons (Fsp3) is 0.750. The maximum absolute atomic E-state index is 11.4. The van der Waals surface area contributed by atoms with Crippen LogP contribution in [0.3, 0.4) is 0 Å². The summed E-state index contributed by atoms with van der Waals surface area (Å²) in [6, 6.07) is 0. The molecule has 88 valence electrons. The number of amides is 1. The predicted molar refractivity (Wildman–Crippen MR) is 62.8 cm³/mol. The van der Waals surface area contributed by atoms with E-state index in [0.29, 0.717) is 19.6 Å². The number of rotatable bonds is 7. The Morgan fingerprint density at radius 2 is 2.07 bits per heavy atom. The third-order valence-electron chi connectivity index (χ3n) is 1.69. The summed E-state index contributed by atoms with van der Waals surface area (Å²) in [5.74, 6) is 0.117. The standard InChI is InChI=1S/C12H23NO2/c1-5-9-15-10-7-6-8-11(14)13-12(2,3)4/h5H,1,6-10H2,2-4H3,(H,13,14). The fourth-order valence-corrected chi connectivity index (χ4v) is 1.14. The smallest absolute Gasteiger partial charge is 0.220 e. The van der Waals surface area contributed by atoms with Crippen LogP contribution < -0.4 is 5.32 Å². The molecule has 3 nitrogen and oxygen atoms in total. The molecule has 0 aliphatic heterocycles. The van der Waals surface area contributed by atoms with Gasteiger partial charge in [-0.05, 0) is 33.6 Å². The maximum Gasteiger partial charge on any atom is 0.220 e. The van der Waals surface area contributed by atoms with E-state index in [1.165, 1.54) is 0 Å². The van der Waals surface area contributed by atoms with Crippen molar-refractivity contribution in [1.29, 1.82) is 0 Å². The van der Waals surface area contributed by atoms with Crippen molar-refractivity contribution in [1.82, 2.24) is 5.32 Å². The molecule has 15 heavy (non-hydrogen) atoms. The van der Waals surface area contributed by atoms with Gasteiger partial charge in [-0.3, -0.25) is 4.79 Å². The molecule has 0 heterocycles. The second-order valence-corrected chi connectivity index (χ2v) is 4.62. The minimum absolute atomic E-state index is 0.117. The number of hydrogen-bond donors (Lipinski definition) is 1. The lowest BCUT2D eigenvalue weighted by Gasteiger charge is -2.20. The molecule has 0 aliphatic carbocycles. The van der Waals surface area contributed by atoms with Gasteiger partial charge in [0.2, 0.25) is 5.91 Å². The second kappa shape index (κ2) is 7.46. The van der Waals surface area contributed by atoms with Gasteiger partial charge in [-0.2, -0.15) is 0 Å². The SMILES string of the molecule is C=CCOCCCCC(=O)NC(C)(C)C. The van der Waals surface area contributed by atoms with E-state index in [9.17, 15) is 4.79 Å². The maximum atomic E-state index is 11.4. The van der Waals surface area contributed by atoms with Crippen LogP contribution in [0, 0.1) is 0 Å². The Kier molecular flexibility index (Phi) is 7.05. The van der Waals surface area contributed by atoms with Crippen LogP contribution in [-0.4, -0.2) is 24.7 Å². The lowest BCUT2D eigenvalue weighted by molar-refractivity contribution is -0.122. The molecule has 1 N–H and O–H groups in total. The lowest BCUT2D eigenvalue weighted by Crippen LogP contribution is -2.40. The summed E-state index contributed by atoms with van der Waals surface area (Å²) in [5, 5.41) is 2.93. The first kappa shape index (κ1) is 14.2. The van der Waals surface area contributed by atoms with E-state index in [0.717, 1.165) is 12.8 Å². The van der Waals surface area contributed by atoms with Crippen LogP contribution in [0.1, 0.15) is 40.0 Å². The highest BCUT2D eigenvalue weighted by atomic mass is 16.5. The van der Waals surface area contributed by atoms with Crippen LogP contribution >= 0.6 is 0 Å². The van der Waals surface area contributed by atoms with Crippen molar-refractivity contribution in [2.75, 3.05) is 13.2 Å². The Morgan fingerprint density at radius 3 is 2.60 bits per heavy atom. The van der Waals surface area contributed by atoms with Crippen LogP contribution in [-0.2, 0) is 9.53 Å². The van der Waals surface area contributed by atoms with E-state index in [4.69, 9.17) is 4.74 Å². The zero-order valence-electron chi connectivity index (χ0n) is 10.1. The van der Waals surface area contributed by atoms with Gasteiger partial charge in [0, 0.05) is 18.6 Å². The molecular formula is C12H23NO2. The van der Waals surface area contributed by atoms with Crippen molar-refractivity contribution in [3.8, 4) is 0 Å². The highest BCUT2D eigenvalue weighted by molar-refractivity contribution is 5.76. The zero-order valence-corrected chi connectivity index (χ0v) is 10.1. The molecule has 1 amide bonds. The van der Waals surface area contributed by atoms with E-state index in [1.54, 1.807) is 6.08 Å². The van der Waals surface area contributed by atoms with Gasteiger partial charge in [0.1, 0.15) is 0 Å². The molecule has 0 aromatic rings. The van der Waals surface area contributed by atoms with Crippen molar-refractivity contribution in [2.45, 2.75) is 45.6 Å². The normalized spacial score (nSPS) is 11.1. The zero-order chi connectivity index (χ0) is 11.7. The first-order chi connectivity index (χ1) is 6.95. The molecule has 0 saturated carbocycles. The number of hydrogen-bond acceptors (Lipinski definition) is 2. The van der Waals surface area contributed by atoms with Crippen molar-refractivity contribution >= 4 is 5.91 Å². The summed E-state index contributed by atoms with van der Waals surface area (Å²) < 4.78 is 5.22. The first-order valence-corrected chi connectivity index (χ1v) is 5.45. The van der Waals surface area contributed by atoms with E-state index < -0.39 is 0 Å². The Bertz CT molecular complexity index is 194. The molecule has 0 saturated heterocycles. The molecule has 0 aliphatic rings. The van der Waals surface area contributed by atoms with E-state index in [-0.39, 0.29) is 11.4 Å². The fourth-order valence-electron chi connectivity index (χ4n) is 1.14. The van der Waals surface area contributed by atoms with Crippen molar-refractivity contribution < 1.29 is 9.53 Å². The number of carbonyl (C=O) groups excluding carboxylic acids is 1. The van der Waals surface area contributed by atoms with Gasteiger partial charge in [0.15, 0.2) is 0 Å². The molecule has 0 aromatic heterocycles. The van der Waals surface area contributed by atoms with Crippen molar-refractivity contribution in [2.24, 2.45) is 0 Å². The second-order valence-electron chi connectivity index (χ2n) is 4.62. The van der Waals surface area contributed by atoms with Crippen LogP contribution in [0.15, 0.2) is 12.7 Å². The van der Waals surface area contributed by atoms with Gasteiger partial charge in [-0.1, -0.05) is 6.08 Å². The van der Waals surface area contributed by atoms with Crippen LogP contribution in [0.4, 0.5) is 0 Å². The Balaban J connectivity index is 3.36. The average molecular weight is 213 g/mol. The quantitative estimate of drug-likeness (QED) is 0.520. The van der Waals surface area contributed by atoms with Crippen molar-refractivity contribution in [3.05, 3.63) is 12.7 Å². The van der Waals surface area contributed by atoms with Gasteiger partial charge < -0.3 is 10.1 Å². The van der Waals surface area contributed by atoms with E-state index >= 15 is 0 Å². The summed E-state index contributed by atoms with van der Waals surface area (Å²) in [6.45, 7) is 10.8. The molecular weight excluding hydrogens is 190 g/mol. The van der Waals surface area contributed by atoms with Gasteiger partial charge in [0.25, 0.3) is 0 Å². The highest BCUT2D eigenvalue weighted by Gasteiger charge is 2.12. The molecule has 0 spiro atoms. The summed E-state index contributed by atoms with van der Waals surface area (Å²) in [4.78, 5) is 11.4. The molecule has 0 atom stereocenters. The molecule has 0 aromatic carbocycles. The minimum Gasteiger partial charge on any atom is -0.377 e. The predicted octanol–water partition coefficient (Wildman–Crippen LogP) is 2.27. The number of nitrogens with one attached hydrogen (secondary N) is 1. The van der Waals surface area contributed by atoms with Gasteiger partial charge in [-0.15, -0.1) is 6.58 Å². The molecule has 3 heteroatoms. The highest BCUT2D eigenvalue weighted by Crippen LogP contribution is 2.02. The monoisotopic (exact) mass is 213 g/mol. The lowest BCUT2D eigenvalue weighted by atomic mass is 10.1. The largest absolute Gasteiger partial charge is 0.377 e. The topological polar surface area (TPSA) is 38.3 Å². The van der Waals surface area contributed by atoms with Crippen LogP contribution in [0.25, 0.3) is 0 Å². The summed E-state index contributed by atoms with van der Waals surface area (Å²) in [5.41, 5.74) is -0.129. The molecule has 0 fully saturated rings. The molecule has 0 radical (unpaired) electrons. The Labute approximate surface area is 92.9 Å². The summed E-state index contributed by atoms with van der Waals surface area (Å²) in [7, 11) is 0. The molecule has 0 unspecified atom stereocenters. The van der Waals surface area contributed by atoms with Gasteiger partial charge in [-0.25, -0.2) is 0 Å². The number of ether oxygens (including phenoxy) is 1. The number of carbonyl (C=O) groups is 1. The molecule has 0 bridgehead atoms. The van der Waals surface area contributed by atoms with E-state index in [2.05, 4.69) is 11.9 Å². The number of unbranched alkanes of at least 4 members (excludes halogenated alkanes) is 1. The van der Waals surface area contributed by atoms with Crippen LogP contribution in [0.5, 0.6) is 0 Å². The van der Waals surface area contributed by atoms with Crippen LogP contribution in [0.2, 0.25) is 0 Å². The Hall–Kier alpha value is -0.830. The summed E-state index contributed by atoms with van der Waals surface area (Å²) in [6.07, 6.45) is 4.10. The third-order valence-corrected chi connectivity index (χ3v) is 1.69. The van der Waals surface area contributed by atoms with Gasteiger partial charge in [0.05, 0.1) is 6.61 Å². The minimum atomic E-state index is -0.129. The summed E-state index contributed by atoms with van der Waals surface area (Å²) >= 11 is 0. The van der Waals surface area contributed by atoms with Gasteiger partial charge >= 0.3 is 0 Å². The third kappa shape index (κ3) is 11.1. The average Bonchev–Trinajstić information content (AvgIpc) is 2.08. The Morgan fingerprint density at radius 1 is 1.40 bits per heavy atom. The first-order valence-electron chi connectivity index (χ1n) is 5.45. The van der Waals surface area contributed by atoms with Crippen molar-refractivity contribution in [3.63, 3.8) is 0 Å². The molecule has 0 rings (SSSR count). The van der Waals surface area contributed by atoms with E-state index in [1.807, 2.05) is 20.8 Å².